The summed E-state index contributed by atoms with van der Waals surface area (Å²) in [4.78, 5) is 0. The summed E-state index contributed by atoms with van der Waals surface area (Å²) in [7, 11) is 1.84. The summed E-state index contributed by atoms with van der Waals surface area (Å²) in [6.45, 7) is 12.6. The van der Waals surface area contributed by atoms with Gasteiger partial charge in [-0.15, -0.1) is 0 Å². The second-order valence-corrected chi connectivity index (χ2v) is 12.0. The fraction of sp³-hybridized carbons (Fsp3) is 0.857. The second-order valence-electron chi connectivity index (χ2n) is 12.0. The number of rotatable bonds is 6. The van der Waals surface area contributed by atoms with Crippen LogP contribution in [0.1, 0.15) is 98.8 Å². The lowest BCUT2D eigenvalue weighted by molar-refractivity contribution is -0.0465. The van der Waals surface area contributed by atoms with E-state index in [0.29, 0.717) is 10.8 Å². The van der Waals surface area contributed by atoms with Crippen molar-refractivity contribution in [3.05, 3.63) is 23.5 Å². The predicted octanol–water partition coefficient (Wildman–Crippen LogP) is 8.17. The molecule has 164 valence electrons. The molecule has 7 unspecified atom stereocenters. The average Bonchev–Trinajstić information content (AvgIpc) is 3.04. The van der Waals surface area contributed by atoms with Gasteiger partial charge in [0.05, 0.1) is 12.9 Å². The summed E-state index contributed by atoms with van der Waals surface area (Å²) in [6, 6.07) is 0. The number of allylic oxidation sites excluding steroid dienone is 4. The lowest BCUT2D eigenvalue weighted by atomic mass is 9.47. The molecule has 0 N–H and O–H groups in total. The molecular weight excluding hydrogens is 352 g/mol. The minimum absolute atomic E-state index is 0.396. The van der Waals surface area contributed by atoms with Crippen molar-refractivity contribution < 1.29 is 4.74 Å². The van der Waals surface area contributed by atoms with Crippen molar-refractivity contribution in [1.29, 1.82) is 0 Å². The van der Waals surface area contributed by atoms with E-state index in [2.05, 4.69) is 46.8 Å². The highest BCUT2D eigenvalue weighted by atomic mass is 16.5. The van der Waals surface area contributed by atoms with E-state index in [9.17, 15) is 0 Å². The molecule has 1 heteroatoms. The minimum Gasteiger partial charge on any atom is -0.501 e. The molecule has 0 spiro atoms. The van der Waals surface area contributed by atoms with E-state index in [4.69, 9.17) is 4.74 Å². The molecule has 4 aliphatic carbocycles. The van der Waals surface area contributed by atoms with Crippen molar-refractivity contribution >= 4 is 0 Å². The predicted molar refractivity (Wildman–Crippen MR) is 124 cm³/mol. The summed E-state index contributed by atoms with van der Waals surface area (Å²) in [5.41, 5.74) is 2.59. The average molecular weight is 399 g/mol. The van der Waals surface area contributed by atoms with Gasteiger partial charge in [-0.05, 0) is 96.5 Å². The number of methoxy groups -OCH3 is 1. The molecule has 29 heavy (non-hydrogen) atoms. The Labute approximate surface area is 180 Å². The number of hydrogen-bond acceptors (Lipinski definition) is 1. The molecule has 0 aromatic heterocycles. The molecule has 2 saturated carbocycles. The quantitative estimate of drug-likeness (QED) is 0.438. The van der Waals surface area contributed by atoms with Crippen LogP contribution in [-0.2, 0) is 4.74 Å². The Morgan fingerprint density at radius 3 is 2.55 bits per heavy atom. The summed E-state index contributed by atoms with van der Waals surface area (Å²) in [6.07, 6.45) is 19.0. The molecule has 7 atom stereocenters. The van der Waals surface area contributed by atoms with Crippen LogP contribution in [0.15, 0.2) is 23.5 Å². The SMILES string of the molecule is COC1=CC2=CCC3C(CCC4(C)C(C(C)CCCC(C)C)CCC34)C2(C)CC1. The first kappa shape index (κ1) is 21.5. The van der Waals surface area contributed by atoms with Gasteiger partial charge in [-0.3, -0.25) is 0 Å². The second kappa shape index (κ2) is 8.08. The molecule has 0 amide bonds. The monoisotopic (exact) mass is 398 g/mol. The van der Waals surface area contributed by atoms with Gasteiger partial charge in [0.25, 0.3) is 0 Å². The van der Waals surface area contributed by atoms with Crippen LogP contribution in [0.4, 0.5) is 0 Å². The molecule has 0 aliphatic heterocycles. The summed E-state index contributed by atoms with van der Waals surface area (Å²) in [5, 5.41) is 0. The van der Waals surface area contributed by atoms with E-state index in [1.54, 1.807) is 5.57 Å². The largest absolute Gasteiger partial charge is 0.501 e. The standard InChI is InChI=1S/C28H46O/c1-19(2)8-7-9-20(3)24-12-13-25-23-11-10-21-18-22(29-6)14-16-27(21,4)26(23)15-17-28(24,25)5/h10,18-20,23-26H,7-9,11-17H2,1-6H3. The van der Waals surface area contributed by atoms with Gasteiger partial charge < -0.3 is 4.74 Å². The van der Waals surface area contributed by atoms with Crippen LogP contribution in [0.3, 0.4) is 0 Å². The van der Waals surface area contributed by atoms with Crippen LogP contribution in [0.5, 0.6) is 0 Å². The molecule has 4 aliphatic rings. The number of fused-ring (bicyclic) bond motifs is 5. The van der Waals surface area contributed by atoms with Crippen molar-refractivity contribution in [3.63, 3.8) is 0 Å². The van der Waals surface area contributed by atoms with E-state index in [1.807, 2.05) is 7.11 Å². The van der Waals surface area contributed by atoms with Gasteiger partial charge in [-0.1, -0.05) is 60.0 Å². The zero-order valence-electron chi connectivity index (χ0n) is 20.1. The third kappa shape index (κ3) is 3.63. The third-order valence-electron chi connectivity index (χ3n) is 10.2. The normalized spacial score (nSPS) is 42.4. The van der Waals surface area contributed by atoms with Gasteiger partial charge in [-0.2, -0.15) is 0 Å². The first-order valence-electron chi connectivity index (χ1n) is 12.7. The van der Waals surface area contributed by atoms with Crippen LogP contribution in [-0.4, -0.2) is 7.11 Å². The van der Waals surface area contributed by atoms with Crippen LogP contribution < -0.4 is 0 Å². The lowest BCUT2D eigenvalue weighted by Gasteiger charge is -2.57. The Morgan fingerprint density at radius 2 is 1.83 bits per heavy atom. The number of hydrogen-bond donors (Lipinski definition) is 0. The maximum atomic E-state index is 5.61. The summed E-state index contributed by atoms with van der Waals surface area (Å²) in [5.74, 6) is 6.71. The first-order chi connectivity index (χ1) is 13.8. The highest BCUT2D eigenvalue weighted by Gasteiger charge is 2.58. The highest BCUT2D eigenvalue weighted by Crippen LogP contribution is 2.67. The van der Waals surface area contributed by atoms with E-state index < -0.39 is 0 Å². The van der Waals surface area contributed by atoms with Crippen molar-refractivity contribution in [1.82, 2.24) is 0 Å². The molecule has 0 radical (unpaired) electrons. The Hall–Kier alpha value is -0.720. The van der Waals surface area contributed by atoms with Gasteiger partial charge >= 0.3 is 0 Å². The smallest absolute Gasteiger partial charge is 0.0958 e. The van der Waals surface area contributed by atoms with Crippen molar-refractivity contribution in [2.24, 2.45) is 46.3 Å². The fourth-order valence-corrected chi connectivity index (χ4v) is 8.49. The Balaban J connectivity index is 1.51. The van der Waals surface area contributed by atoms with Crippen LogP contribution in [0.2, 0.25) is 0 Å². The molecule has 4 rings (SSSR count). The van der Waals surface area contributed by atoms with E-state index in [0.717, 1.165) is 41.9 Å². The van der Waals surface area contributed by atoms with Crippen LogP contribution in [0.25, 0.3) is 0 Å². The van der Waals surface area contributed by atoms with Crippen LogP contribution >= 0.6 is 0 Å². The van der Waals surface area contributed by atoms with Crippen LogP contribution in [0, 0.1) is 46.3 Å². The van der Waals surface area contributed by atoms with Gasteiger partial charge in [-0.25, -0.2) is 0 Å². The lowest BCUT2D eigenvalue weighted by Crippen LogP contribution is -2.49. The van der Waals surface area contributed by atoms with Gasteiger partial charge in [0, 0.05) is 6.42 Å². The molecule has 2 fully saturated rings. The maximum absolute atomic E-state index is 5.61. The van der Waals surface area contributed by atoms with Gasteiger partial charge in [0.15, 0.2) is 0 Å². The molecule has 0 bridgehead atoms. The Morgan fingerprint density at radius 1 is 1.03 bits per heavy atom. The summed E-state index contributed by atoms with van der Waals surface area (Å²) >= 11 is 0. The fourth-order valence-electron chi connectivity index (χ4n) is 8.49. The Bertz CT molecular complexity index is 657. The highest BCUT2D eigenvalue weighted by molar-refractivity contribution is 5.35. The molecule has 0 aromatic rings. The van der Waals surface area contributed by atoms with Gasteiger partial charge in [0.2, 0.25) is 0 Å². The van der Waals surface area contributed by atoms with E-state index >= 15 is 0 Å². The molecule has 1 nitrogen and oxygen atoms in total. The van der Waals surface area contributed by atoms with Crippen molar-refractivity contribution in [3.8, 4) is 0 Å². The molecule has 0 aromatic carbocycles. The maximum Gasteiger partial charge on any atom is 0.0958 e. The number of ether oxygens (including phenoxy) is 1. The van der Waals surface area contributed by atoms with Crippen molar-refractivity contribution in [2.45, 2.75) is 98.8 Å². The van der Waals surface area contributed by atoms with E-state index in [1.165, 1.54) is 63.5 Å². The molecule has 0 heterocycles. The summed E-state index contributed by atoms with van der Waals surface area (Å²) < 4.78 is 5.61. The zero-order chi connectivity index (χ0) is 20.8. The topological polar surface area (TPSA) is 9.23 Å². The molecular formula is C28H46O. The van der Waals surface area contributed by atoms with E-state index in [-0.39, 0.29) is 0 Å². The third-order valence-corrected chi connectivity index (χ3v) is 10.2. The minimum atomic E-state index is 0.396. The molecule has 0 saturated heterocycles. The first-order valence-corrected chi connectivity index (χ1v) is 12.7. The van der Waals surface area contributed by atoms with Crippen molar-refractivity contribution in [2.75, 3.05) is 7.11 Å². The van der Waals surface area contributed by atoms with Gasteiger partial charge in [0.1, 0.15) is 0 Å². The Kier molecular flexibility index (Phi) is 6.00. The zero-order valence-corrected chi connectivity index (χ0v) is 20.1.